The van der Waals surface area contributed by atoms with Gasteiger partial charge in [-0.1, -0.05) is 96.8 Å². The molecule has 0 aliphatic heterocycles. The van der Waals surface area contributed by atoms with Crippen molar-refractivity contribution in [3.8, 4) is 22.5 Å². The van der Waals surface area contributed by atoms with Crippen LogP contribution < -0.4 is 0 Å². The van der Waals surface area contributed by atoms with Crippen LogP contribution in [0.4, 0.5) is 0 Å². The number of aromatic nitrogens is 2. The lowest BCUT2D eigenvalue weighted by atomic mass is 10.1. The Morgan fingerprint density at radius 2 is 1.00 bits per heavy atom. The minimum atomic E-state index is -0.486. The van der Waals surface area contributed by atoms with Crippen LogP contribution in [-0.4, -0.2) is 9.13 Å². The largest absolute Gasteiger partial charge is 0.309 e. The van der Waals surface area contributed by atoms with Crippen molar-refractivity contribution in [3.05, 3.63) is 145 Å². The highest BCUT2D eigenvalue weighted by molar-refractivity contribution is 6.12. The summed E-state index contributed by atoms with van der Waals surface area (Å²) < 4.78 is 96.8. The second-order valence-electron chi connectivity index (χ2n) is 9.00. The SMILES string of the molecule is [2H]c1cc([2H])c(-c2ccc(-n3c4ccccc4c4cc(-n5c6c([2H])c([2H])c([2H])c([2H])c6c6c([2H])c([2H])c([2H])c([2H])c65)ccc43)cc2)c([2H])c1. The maximum Gasteiger partial charge on any atom is 0.0645 e. The van der Waals surface area contributed by atoms with E-state index in [9.17, 15) is 0 Å². The number of rotatable bonds is 3. The minimum Gasteiger partial charge on any atom is -0.309 e. The molecule has 0 N–H and O–H groups in total. The Hall–Kier alpha value is -5.08. The van der Waals surface area contributed by atoms with Gasteiger partial charge in [0.1, 0.15) is 0 Å². The molecule has 8 rings (SSSR count). The minimum absolute atomic E-state index is 0.0275. The van der Waals surface area contributed by atoms with Crippen LogP contribution in [0.1, 0.15) is 15.1 Å². The number of hydrogen-bond acceptors (Lipinski definition) is 0. The molecule has 0 aliphatic rings. The van der Waals surface area contributed by atoms with Crippen LogP contribution in [0.2, 0.25) is 0 Å². The lowest BCUT2D eigenvalue weighted by Crippen LogP contribution is -1.95. The summed E-state index contributed by atoms with van der Waals surface area (Å²) in [4.78, 5) is 0. The Balaban J connectivity index is 1.41. The normalized spacial score (nSPS) is 15.7. The predicted octanol–water partition coefficient (Wildman–Crippen LogP) is 9.55. The second-order valence-corrected chi connectivity index (χ2v) is 9.00. The molecular formula is C36H24N2. The Morgan fingerprint density at radius 1 is 0.395 bits per heavy atom. The average molecular weight is 496 g/mol. The molecular weight excluding hydrogens is 460 g/mol. The summed E-state index contributed by atoms with van der Waals surface area (Å²) in [6, 6.07) is 20.6. The topological polar surface area (TPSA) is 9.86 Å². The van der Waals surface area contributed by atoms with Gasteiger partial charge in [-0.05, 0) is 59.6 Å². The third-order valence-corrected chi connectivity index (χ3v) is 6.96. The predicted molar refractivity (Wildman–Crippen MR) is 161 cm³/mol. The zero-order chi connectivity index (χ0) is 34.6. The Kier molecular flexibility index (Phi) is 2.80. The molecule has 2 nitrogen and oxygen atoms in total. The van der Waals surface area contributed by atoms with E-state index in [4.69, 9.17) is 15.1 Å². The second kappa shape index (κ2) is 8.22. The van der Waals surface area contributed by atoms with Crippen LogP contribution in [0.15, 0.2) is 145 Å². The number of fused-ring (bicyclic) bond motifs is 6. The molecule has 0 saturated carbocycles. The maximum absolute atomic E-state index is 8.86. The third-order valence-electron chi connectivity index (χ3n) is 6.96. The fourth-order valence-electron chi connectivity index (χ4n) is 5.31. The average Bonchev–Trinajstić information content (AvgIpc) is 3.62. The van der Waals surface area contributed by atoms with Crippen LogP contribution in [0, 0.1) is 0 Å². The van der Waals surface area contributed by atoms with E-state index in [0.29, 0.717) is 16.8 Å². The molecule has 0 radical (unpaired) electrons. The van der Waals surface area contributed by atoms with Crippen molar-refractivity contribution >= 4 is 43.6 Å². The molecule has 0 saturated heterocycles. The molecule has 0 spiro atoms. The van der Waals surface area contributed by atoms with Gasteiger partial charge in [0.05, 0.1) is 37.1 Å². The van der Waals surface area contributed by atoms with Crippen LogP contribution in [0.3, 0.4) is 0 Å². The van der Waals surface area contributed by atoms with Gasteiger partial charge in [-0.25, -0.2) is 0 Å². The maximum atomic E-state index is 8.86. The lowest BCUT2D eigenvalue weighted by molar-refractivity contribution is 1.17. The highest BCUT2D eigenvalue weighted by Gasteiger charge is 2.16. The van der Waals surface area contributed by atoms with E-state index in [-0.39, 0.29) is 64.1 Å². The molecule has 2 heterocycles. The highest BCUT2D eigenvalue weighted by Crippen LogP contribution is 2.37. The Bertz CT molecular complexity index is 2630. The van der Waals surface area contributed by atoms with Crippen LogP contribution in [-0.2, 0) is 0 Å². The van der Waals surface area contributed by atoms with Gasteiger partial charge < -0.3 is 9.13 Å². The van der Waals surface area contributed by atoms with Crippen molar-refractivity contribution < 1.29 is 15.1 Å². The van der Waals surface area contributed by atoms with Crippen molar-refractivity contribution in [2.45, 2.75) is 0 Å². The first-order chi connectivity index (χ1) is 23.4. The van der Waals surface area contributed by atoms with E-state index in [0.717, 1.165) is 27.5 Å². The van der Waals surface area contributed by atoms with Crippen molar-refractivity contribution in [1.82, 2.24) is 9.13 Å². The number of nitrogens with zero attached hydrogens (tertiary/aromatic N) is 2. The molecule has 0 amide bonds. The van der Waals surface area contributed by atoms with Crippen molar-refractivity contribution in [3.63, 3.8) is 0 Å². The van der Waals surface area contributed by atoms with Crippen molar-refractivity contribution in [1.29, 1.82) is 0 Å². The number of benzene rings is 6. The molecule has 0 fully saturated rings. The molecule has 8 aromatic rings. The number of hydrogen-bond donors (Lipinski definition) is 0. The van der Waals surface area contributed by atoms with E-state index in [1.807, 2.05) is 60.7 Å². The van der Waals surface area contributed by atoms with Crippen LogP contribution in [0.5, 0.6) is 0 Å². The smallest absolute Gasteiger partial charge is 0.0645 e. The fraction of sp³-hybridized carbons (Fsp3) is 0. The van der Waals surface area contributed by atoms with Crippen LogP contribution in [0.25, 0.3) is 66.1 Å². The van der Waals surface area contributed by atoms with Gasteiger partial charge in [-0.15, -0.1) is 0 Å². The van der Waals surface area contributed by atoms with Gasteiger partial charge >= 0.3 is 0 Å². The van der Waals surface area contributed by atoms with Crippen LogP contribution >= 0.6 is 0 Å². The molecule has 38 heavy (non-hydrogen) atoms. The zero-order valence-electron chi connectivity index (χ0n) is 30.9. The first-order valence-corrected chi connectivity index (χ1v) is 12.1. The summed E-state index contributed by atoms with van der Waals surface area (Å²) in [7, 11) is 0. The standard InChI is InChI=1S/C36H24N2/c1-2-10-25(11-3-1)26-18-20-27(21-19-26)37-35-17-9-6-14-31(35)32-24-28(22-23-36(32)37)38-33-15-7-4-12-29(33)30-13-5-8-16-34(30)38/h1-24H/i1D,4D,5D,7D,8D,10D,11D,12D,13D,15D,16D. The van der Waals surface area contributed by atoms with E-state index in [1.54, 1.807) is 6.07 Å². The van der Waals surface area contributed by atoms with E-state index in [2.05, 4.69) is 4.57 Å². The van der Waals surface area contributed by atoms with Gasteiger partial charge in [0, 0.05) is 32.9 Å². The summed E-state index contributed by atoms with van der Waals surface area (Å²) in [6.45, 7) is 0. The molecule has 0 unspecified atom stereocenters. The monoisotopic (exact) mass is 495 g/mol. The number of para-hydroxylation sites is 3. The molecule has 2 aromatic heterocycles. The molecule has 2 heteroatoms. The van der Waals surface area contributed by atoms with Gasteiger partial charge in [0.2, 0.25) is 0 Å². The molecule has 0 atom stereocenters. The zero-order valence-corrected chi connectivity index (χ0v) is 19.9. The third kappa shape index (κ3) is 3.07. The van der Waals surface area contributed by atoms with E-state index >= 15 is 0 Å². The van der Waals surface area contributed by atoms with Gasteiger partial charge in [0.15, 0.2) is 0 Å². The summed E-state index contributed by atoms with van der Waals surface area (Å²) in [5, 5.41) is 1.75. The molecule has 6 aromatic carbocycles. The van der Waals surface area contributed by atoms with E-state index in [1.165, 1.54) is 16.7 Å². The Labute approximate surface area is 236 Å². The molecule has 0 bridgehead atoms. The van der Waals surface area contributed by atoms with Crippen molar-refractivity contribution in [2.24, 2.45) is 0 Å². The van der Waals surface area contributed by atoms with Gasteiger partial charge in [-0.3, -0.25) is 0 Å². The summed E-state index contributed by atoms with van der Waals surface area (Å²) >= 11 is 0. The van der Waals surface area contributed by atoms with E-state index < -0.39 is 24.2 Å². The summed E-state index contributed by atoms with van der Waals surface area (Å²) in [6.07, 6.45) is 0. The Morgan fingerprint density at radius 3 is 1.74 bits per heavy atom. The fourth-order valence-corrected chi connectivity index (χ4v) is 5.31. The first-order valence-electron chi connectivity index (χ1n) is 17.6. The first kappa shape index (κ1) is 12.9. The lowest BCUT2D eigenvalue weighted by Gasteiger charge is -2.11. The summed E-state index contributed by atoms with van der Waals surface area (Å²) in [5.74, 6) is 0. The van der Waals surface area contributed by atoms with Gasteiger partial charge in [0.25, 0.3) is 0 Å². The molecule has 0 aliphatic carbocycles. The quantitative estimate of drug-likeness (QED) is 0.231. The summed E-state index contributed by atoms with van der Waals surface area (Å²) in [5.41, 5.74) is 4.24. The van der Waals surface area contributed by atoms with Gasteiger partial charge in [-0.2, -0.15) is 0 Å². The van der Waals surface area contributed by atoms with Crippen molar-refractivity contribution in [2.75, 3.05) is 0 Å². The molecule has 178 valence electrons. The highest BCUT2D eigenvalue weighted by atomic mass is 15.0.